The zero-order chi connectivity index (χ0) is 13.1. The summed E-state index contributed by atoms with van der Waals surface area (Å²) in [7, 11) is 0. The Labute approximate surface area is 106 Å². The van der Waals surface area contributed by atoms with E-state index in [0.717, 1.165) is 11.1 Å². The fourth-order valence-electron chi connectivity index (χ4n) is 1.75. The van der Waals surface area contributed by atoms with Crippen molar-refractivity contribution in [1.29, 1.82) is 0 Å². The van der Waals surface area contributed by atoms with Crippen LogP contribution in [0.4, 0.5) is 0 Å². The molecular weight excluding hydrogens is 226 g/mol. The highest BCUT2D eigenvalue weighted by Crippen LogP contribution is 2.10. The van der Waals surface area contributed by atoms with Gasteiger partial charge in [0.2, 0.25) is 0 Å². The van der Waals surface area contributed by atoms with Crippen molar-refractivity contribution in [3.63, 3.8) is 0 Å². The van der Waals surface area contributed by atoms with Crippen molar-refractivity contribution in [2.45, 2.75) is 20.4 Å². The molecule has 0 amide bonds. The third-order valence-electron chi connectivity index (χ3n) is 3.04. The van der Waals surface area contributed by atoms with Gasteiger partial charge >= 0.3 is 0 Å². The molecule has 0 atom stereocenters. The quantitative estimate of drug-likeness (QED) is 0.774. The Hall–Kier alpha value is -2.16. The summed E-state index contributed by atoms with van der Waals surface area (Å²) < 4.78 is 1.41. The summed E-state index contributed by atoms with van der Waals surface area (Å²) in [6.45, 7) is 4.06. The molecule has 0 saturated heterocycles. The van der Waals surface area contributed by atoms with Gasteiger partial charge in [-0.05, 0) is 37.1 Å². The van der Waals surface area contributed by atoms with Crippen LogP contribution in [0.2, 0.25) is 0 Å². The molecule has 18 heavy (non-hydrogen) atoms. The zero-order valence-corrected chi connectivity index (χ0v) is 10.5. The zero-order valence-electron chi connectivity index (χ0n) is 10.5. The molecule has 0 aliphatic heterocycles. The molecule has 1 heterocycles. The fourth-order valence-corrected chi connectivity index (χ4v) is 1.75. The third-order valence-corrected chi connectivity index (χ3v) is 3.04. The second-order valence-electron chi connectivity index (χ2n) is 4.39. The number of hydrogen-bond donors (Lipinski definition) is 0. The molecule has 2 aromatic rings. The molecule has 0 saturated carbocycles. The second-order valence-corrected chi connectivity index (χ2v) is 4.39. The molecule has 92 valence electrons. The van der Waals surface area contributed by atoms with Gasteiger partial charge in [-0.25, -0.2) is 0 Å². The Morgan fingerprint density at radius 1 is 1.11 bits per heavy atom. The number of rotatable bonds is 3. The minimum absolute atomic E-state index is 0.0496. The van der Waals surface area contributed by atoms with E-state index in [1.54, 1.807) is 24.4 Å². The average molecular weight is 241 g/mol. The van der Waals surface area contributed by atoms with Gasteiger partial charge in [0, 0.05) is 17.8 Å². The van der Waals surface area contributed by atoms with E-state index in [9.17, 15) is 9.59 Å². The lowest BCUT2D eigenvalue weighted by atomic mass is 10.0. The number of pyridine rings is 1. The predicted octanol–water partition coefficient (Wildman–Crippen LogP) is 2.35. The lowest BCUT2D eigenvalue weighted by Crippen LogP contribution is -2.22. The van der Waals surface area contributed by atoms with Gasteiger partial charge in [-0.2, -0.15) is 0 Å². The molecule has 0 radical (unpaired) electrons. The highest BCUT2D eigenvalue weighted by Gasteiger charge is 2.08. The molecular formula is C15H15NO2. The van der Waals surface area contributed by atoms with Gasteiger partial charge in [-0.3, -0.25) is 9.59 Å². The van der Waals surface area contributed by atoms with Gasteiger partial charge in [-0.1, -0.05) is 18.2 Å². The average Bonchev–Trinajstić information content (AvgIpc) is 2.35. The SMILES string of the molecule is Cc1ccc(C(=O)Cn2ccccc2=O)cc1C. The van der Waals surface area contributed by atoms with Gasteiger partial charge in [0.05, 0.1) is 6.54 Å². The Balaban J connectivity index is 2.25. The van der Waals surface area contributed by atoms with E-state index in [4.69, 9.17) is 0 Å². The van der Waals surface area contributed by atoms with Crippen LogP contribution in [0.15, 0.2) is 47.4 Å². The van der Waals surface area contributed by atoms with Crippen molar-refractivity contribution in [3.05, 3.63) is 69.6 Å². The minimum atomic E-state index is -0.158. The number of aryl methyl sites for hydroxylation is 2. The molecule has 1 aromatic carbocycles. The first-order chi connectivity index (χ1) is 8.58. The van der Waals surface area contributed by atoms with Crippen molar-refractivity contribution < 1.29 is 4.79 Å². The van der Waals surface area contributed by atoms with E-state index >= 15 is 0 Å². The van der Waals surface area contributed by atoms with Gasteiger partial charge in [0.1, 0.15) is 0 Å². The van der Waals surface area contributed by atoms with Crippen molar-refractivity contribution in [2.24, 2.45) is 0 Å². The van der Waals surface area contributed by atoms with Crippen molar-refractivity contribution >= 4 is 5.78 Å². The molecule has 0 bridgehead atoms. The van der Waals surface area contributed by atoms with Crippen LogP contribution in [-0.2, 0) is 6.54 Å². The predicted molar refractivity (Wildman–Crippen MR) is 70.9 cm³/mol. The van der Waals surface area contributed by atoms with Crippen molar-refractivity contribution in [1.82, 2.24) is 4.57 Å². The number of nitrogens with zero attached hydrogens (tertiary/aromatic N) is 1. The molecule has 3 heteroatoms. The van der Waals surface area contributed by atoms with Gasteiger partial charge in [0.15, 0.2) is 5.78 Å². The minimum Gasteiger partial charge on any atom is -0.308 e. The number of carbonyl (C=O) groups is 1. The molecule has 0 spiro atoms. The number of benzene rings is 1. The van der Waals surface area contributed by atoms with Crippen molar-refractivity contribution in [3.8, 4) is 0 Å². The van der Waals surface area contributed by atoms with Crippen LogP contribution in [0.5, 0.6) is 0 Å². The van der Waals surface area contributed by atoms with E-state index in [1.807, 2.05) is 26.0 Å². The Bertz CT molecular complexity index is 641. The lowest BCUT2D eigenvalue weighted by molar-refractivity contribution is 0.0971. The van der Waals surface area contributed by atoms with E-state index in [-0.39, 0.29) is 17.9 Å². The van der Waals surface area contributed by atoms with Crippen molar-refractivity contribution in [2.75, 3.05) is 0 Å². The summed E-state index contributed by atoms with van der Waals surface area (Å²) in [4.78, 5) is 23.6. The van der Waals surface area contributed by atoms with Gasteiger partial charge in [0.25, 0.3) is 5.56 Å². The van der Waals surface area contributed by atoms with Crippen LogP contribution in [0, 0.1) is 13.8 Å². The number of Topliss-reactive ketones (excluding diaryl/α,β-unsaturated/α-hetero) is 1. The molecule has 0 aliphatic carbocycles. The smallest absolute Gasteiger partial charge is 0.250 e. The van der Waals surface area contributed by atoms with Crippen LogP contribution in [0.25, 0.3) is 0 Å². The number of carbonyl (C=O) groups excluding carboxylic acids is 1. The van der Waals surface area contributed by atoms with Gasteiger partial charge < -0.3 is 4.57 Å². The van der Waals surface area contributed by atoms with Crippen LogP contribution in [-0.4, -0.2) is 10.4 Å². The highest BCUT2D eigenvalue weighted by molar-refractivity contribution is 5.96. The van der Waals surface area contributed by atoms with E-state index < -0.39 is 0 Å². The van der Waals surface area contributed by atoms with Crippen LogP contribution < -0.4 is 5.56 Å². The molecule has 3 nitrogen and oxygen atoms in total. The number of aromatic nitrogens is 1. The first kappa shape index (κ1) is 12.3. The Morgan fingerprint density at radius 2 is 1.89 bits per heavy atom. The van der Waals surface area contributed by atoms with Gasteiger partial charge in [-0.15, -0.1) is 0 Å². The van der Waals surface area contributed by atoms with Crippen LogP contribution in [0.3, 0.4) is 0 Å². The maximum absolute atomic E-state index is 12.1. The normalized spacial score (nSPS) is 10.3. The lowest BCUT2D eigenvalue weighted by Gasteiger charge is -2.06. The molecule has 1 aromatic heterocycles. The van der Waals surface area contributed by atoms with Crippen LogP contribution >= 0.6 is 0 Å². The first-order valence-electron chi connectivity index (χ1n) is 5.84. The summed E-state index contributed by atoms with van der Waals surface area (Å²) in [5, 5.41) is 0. The fraction of sp³-hybridized carbons (Fsp3) is 0.200. The summed E-state index contributed by atoms with van der Waals surface area (Å²) in [5.74, 6) is -0.0496. The largest absolute Gasteiger partial charge is 0.308 e. The number of hydrogen-bond acceptors (Lipinski definition) is 2. The highest BCUT2D eigenvalue weighted by atomic mass is 16.1. The van der Waals surface area contributed by atoms with E-state index in [1.165, 1.54) is 10.6 Å². The van der Waals surface area contributed by atoms with E-state index in [0.29, 0.717) is 5.56 Å². The molecule has 0 unspecified atom stereocenters. The Morgan fingerprint density at radius 3 is 2.56 bits per heavy atom. The maximum Gasteiger partial charge on any atom is 0.250 e. The Kier molecular flexibility index (Phi) is 3.42. The second kappa shape index (κ2) is 5.00. The third kappa shape index (κ3) is 2.56. The standard InChI is InChI=1S/C15H15NO2/c1-11-6-7-13(9-12(11)2)14(17)10-16-8-4-3-5-15(16)18/h3-9H,10H2,1-2H3. The summed E-state index contributed by atoms with van der Waals surface area (Å²) in [6, 6.07) is 10.5. The molecule has 0 aliphatic rings. The number of ketones is 1. The van der Waals surface area contributed by atoms with Crippen LogP contribution in [0.1, 0.15) is 21.5 Å². The summed E-state index contributed by atoms with van der Waals surface area (Å²) in [6.07, 6.45) is 1.63. The summed E-state index contributed by atoms with van der Waals surface area (Å²) >= 11 is 0. The molecule has 0 fully saturated rings. The van der Waals surface area contributed by atoms with E-state index in [2.05, 4.69) is 0 Å². The summed E-state index contributed by atoms with van der Waals surface area (Å²) in [5.41, 5.74) is 2.73. The molecule has 0 N–H and O–H groups in total. The monoisotopic (exact) mass is 241 g/mol. The maximum atomic E-state index is 12.1. The topological polar surface area (TPSA) is 39.1 Å². The molecule has 2 rings (SSSR count). The first-order valence-corrected chi connectivity index (χ1v) is 5.84.